The zero-order valence-corrected chi connectivity index (χ0v) is 11.1. The molecule has 1 amide bonds. The highest BCUT2D eigenvalue weighted by molar-refractivity contribution is 6.03. The van der Waals surface area contributed by atoms with Crippen LogP contribution < -0.4 is 5.32 Å². The van der Waals surface area contributed by atoms with E-state index < -0.39 is 0 Å². The van der Waals surface area contributed by atoms with E-state index in [-0.39, 0.29) is 11.6 Å². The van der Waals surface area contributed by atoms with Crippen LogP contribution in [0, 0.1) is 6.92 Å². The van der Waals surface area contributed by atoms with E-state index in [4.69, 9.17) is 0 Å². The molecule has 2 heterocycles. The molecule has 21 heavy (non-hydrogen) atoms. The molecule has 0 aliphatic heterocycles. The fourth-order valence-electron chi connectivity index (χ4n) is 1.88. The van der Waals surface area contributed by atoms with Crippen LogP contribution in [0.5, 0.6) is 0 Å². The summed E-state index contributed by atoms with van der Waals surface area (Å²) in [5.74, 6) is -0.319. The summed E-state index contributed by atoms with van der Waals surface area (Å²) in [6.45, 7) is 1.88. The van der Waals surface area contributed by atoms with Crippen molar-refractivity contribution in [3.63, 3.8) is 0 Å². The van der Waals surface area contributed by atoms with Crippen LogP contribution in [0.2, 0.25) is 0 Å². The maximum absolute atomic E-state index is 12.1. The van der Waals surface area contributed by atoms with Gasteiger partial charge in [-0.3, -0.25) is 9.78 Å². The SMILES string of the molecule is Cc1c(NC(=O)c2cnccn2)cccc1-n1cnnn1. The standard InChI is InChI=1S/C13H11N7O/c1-9-10(17-13(21)11-7-14-5-6-15-11)3-2-4-12(9)20-8-16-18-19-20/h2-8H,1H3,(H,17,21). The molecule has 0 bridgehead atoms. The summed E-state index contributed by atoms with van der Waals surface area (Å²) in [4.78, 5) is 19.9. The van der Waals surface area contributed by atoms with E-state index in [9.17, 15) is 4.79 Å². The quantitative estimate of drug-likeness (QED) is 0.769. The number of aromatic nitrogens is 6. The van der Waals surface area contributed by atoms with Gasteiger partial charge in [-0.25, -0.2) is 9.67 Å². The Kier molecular flexibility index (Phi) is 3.34. The van der Waals surface area contributed by atoms with Gasteiger partial charge in [-0.15, -0.1) is 5.10 Å². The number of rotatable bonds is 3. The van der Waals surface area contributed by atoms with Gasteiger partial charge in [0.25, 0.3) is 5.91 Å². The lowest BCUT2D eigenvalue weighted by atomic mass is 10.1. The van der Waals surface area contributed by atoms with Crippen LogP contribution in [0.4, 0.5) is 5.69 Å². The first kappa shape index (κ1) is 12.9. The molecule has 0 aliphatic rings. The molecule has 0 atom stereocenters. The van der Waals surface area contributed by atoms with E-state index in [1.807, 2.05) is 19.1 Å². The first-order chi connectivity index (χ1) is 10.3. The largest absolute Gasteiger partial charge is 0.320 e. The summed E-state index contributed by atoms with van der Waals surface area (Å²) >= 11 is 0. The highest BCUT2D eigenvalue weighted by Crippen LogP contribution is 2.21. The Bertz CT molecular complexity index is 755. The van der Waals surface area contributed by atoms with Crippen LogP contribution in [-0.4, -0.2) is 36.1 Å². The summed E-state index contributed by atoms with van der Waals surface area (Å²) in [7, 11) is 0. The molecule has 0 aliphatic carbocycles. The molecule has 0 spiro atoms. The van der Waals surface area contributed by atoms with Crippen LogP contribution in [-0.2, 0) is 0 Å². The highest BCUT2D eigenvalue weighted by atomic mass is 16.1. The summed E-state index contributed by atoms with van der Waals surface area (Å²) in [5, 5.41) is 13.9. The minimum atomic E-state index is -0.319. The lowest BCUT2D eigenvalue weighted by Gasteiger charge is -2.11. The smallest absolute Gasteiger partial charge is 0.275 e. The van der Waals surface area contributed by atoms with Crippen LogP contribution in [0.1, 0.15) is 16.1 Å². The third kappa shape index (κ3) is 2.59. The van der Waals surface area contributed by atoms with Crippen LogP contribution in [0.3, 0.4) is 0 Å². The van der Waals surface area contributed by atoms with Gasteiger partial charge in [-0.2, -0.15) is 0 Å². The predicted octanol–water partition coefficient (Wildman–Crippen LogP) is 1.01. The van der Waals surface area contributed by atoms with Crippen molar-refractivity contribution < 1.29 is 4.79 Å². The molecule has 0 fully saturated rings. The summed E-state index contributed by atoms with van der Waals surface area (Å²) in [5.41, 5.74) is 2.56. The first-order valence-corrected chi connectivity index (χ1v) is 6.16. The van der Waals surface area contributed by atoms with Gasteiger partial charge in [0.05, 0.1) is 11.9 Å². The minimum absolute atomic E-state index is 0.254. The molecule has 8 heteroatoms. The summed E-state index contributed by atoms with van der Waals surface area (Å²) in [6.07, 6.45) is 5.89. The van der Waals surface area contributed by atoms with E-state index in [1.165, 1.54) is 29.6 Å². The number of nitrogens with one attached hydrogen (secondary N) is 1. The van der Waals surface area contributed by atoms with E-state index in [1.54, 1.807) is 6.07 Å². The number of carbonyl (C=O) groups excluding carboxylic acids is 1. The fraction of sp³-hybridized carbons (Fsp3) is 0.0769. The number of carbonyl (C=O) groups is 1. The molecule has 104 valence electrons. The molecular formula is C13H11N7O. The van der Waals surface area contributed by atoms with Crippen LogP contribution in [0.15, 0.2) is 43.1 Å². The number of tetrazole rings is 1. The van der Waals surface area contributed by atoms with Crippen molar-refractivity contribution in [2.75, 3.05) is 5.32 Å². The van der Waals surface area contributed by atoms with Gasteiger partial charge in [0.2, 0.25) is 0 Å². The summed E-state index contributed by atoms with van der Waals surface area (Å²) < 4.78 is 1.54. The second kappa shape index (κ2) is 5.45. The monoisotopic (exact) mass is 281 g/mol. The van der Waals surface area contributed by atoms with Gasteiger partial charge in [0, 0.05) is 18.1 Å². The van der Waals surface area contributed by atoms with Gasteiger partial charge < -0.3 is 5.32 Å². The maximum Gasteiger partial charge on any atom is 0.275 e. The fourth-order valence-corrected chi connectivity index (χ4v) is 1.88. The molecule has 0 unspecified atom stereocenters. The zero-order valence-electron chi connectivity index (χ0n) is 11.1. The van der Waals surface area contributed by atoms with E-state index >= 15 is 0 Å². The van der Waals surface area contributed by atoms with Crippen molar-refractivity contribution in [3.05, 3.63) is 54.4 Å². The Balaban J connectivity index is 1.90. The minimum Gasteiger partial charge on any atom is -0.320 e. The normalized spacial score (nSPS) is 10.3. The van der Waals surface area contributed by atoms with Crippen LogP contribution in [0.25, 0.3) is 5.69 Å². The zero-order chi connectivity index (χ0) is 14.7. The van der Waals surface area contributed by atoms with E-state index in [0.29, 0.717) is 5.69 Å². The Morgan fingerprint density at radius 3 is 2.90 bits per heavy atom. The average Bonchev–Trinajstić information content (AvgIpc) is 3.04. The third-order valence-electron chi connectivity index (χ3n) is 2.95. The Morgan fingerprint density at radius 1 is 1.29 bits per heavy atom. The molecule has 2 aromatic heterocycles. The topological polar surface area (TPSA) is 98.5 Å². The van der Waals surface area contributed by atoms with Gasteiger partial charge in [0.1, 0.15) is 12.0 Å². The Labute approximate surface area is 119 Å². The molecule has 1 aromatic carbocycles. The second-order valence-electron chi connectivity index (χ2n) is 4.25. The molecule has 3 rings (SSSR count). The van der Waals surface area contributed by atoms with Crippen molar-refractivity contribution in [1.82, 2.24) is 30.2 Å². The van der Waals surface area contributed by atoms with Crippen molar-refractivity contribution in [2.45, 2.75) is 6.92 Å². The number of amides is 1. The number of anilines is 1. The van der Waals surface area contributed by atoms with Crippen molar-refractivity contribution in [1.29, 1.82) is 0 Å². The molecule has 3 aromatic rings. The second-order valence-corrected chi connectivity index (χ2v) is 4.25. The highest BCUT2D eigenvalue weighted by Gasteiger charge is 2.11. The lowest BCUT2D eigenvalue weighted by Crippen LogP contribution is -2.15. The Hall–Kier alpha value is -3.16. The van der Waals surface area contributed by atoms with E-state index in [0.717, 1.165) is 11.3 Å². The van der Waals surface area contributed by atoms with Gasteiger partial charge in [0.15, 0.2) is 0 Å². The molecular weight excluding hydrogens is 270 g/mol. The molecule has 0 saturated carbocycles. The predicted molar refractivity (Wildman–Crippen MR) is 73.9 cm³/mol. The molecule has 1 N–H and O–H groups in total. The average molecular weight is 281 g/mol. The molecule has 0 radical (unpaired) electrons. The number of benzene rings is 1. The van der Waals surface area contributed by atoms with Crippen molar-refractivity contribution in [2.24, 2.45) is 0 Å². The molecule has 8 nitrogen and oxygen atoms in total. The van der Waals surface area contributed by atoms with Crippen molar-refractivity contribution in [3.8, 4) is 5.69 Å². The number of hydrogen-bond acceptors (Lipinski definition) is 6. The number of nitrogens with zero attached hydrogens (tertiary/aromatic N) is 6. The first-order valence-electron chi connectivity index (χ1n) is 6.16. The van der Waals surface area contributed by atoms with Gasteiger partial charge in [-0.1, -0.05) is 6.07 Å². The van der Waals surface area contributed by atoms with Crippen LogP contribution >= 0.6 is 0 Å². The summed E-state index contributed by atoms with van der Waals surface area (Å²) in [6, 6.07) is 5.48. The maximum atomic E-state index is 12.1. The lowest BCUT2D eigenvalue weighted by molar-refractivity contribution is 0.102. The third-order valence-corrected chi connectivity index (χ3v) is 2.95. The van der Waals surface area contributed by atoms with Gasteiger partial charge in [-0.05, 0) is 35.0 Å². The van der Waals surface area contributed by atoms with Crippen molar-refractivity contribution >= 4 is 11.6 Å². The van der Waals surface area contributed by atoms with E-state index in [2.05, 4.69) is 30.8 Å². The van der Waals surface area contributed by atoms with Gasteiger partial charge >= 0.3 is 0 Å². The Morgan fingerprint density at radius 2 is 2.19 bits per heavy atom. The number of hydrogen-bond donors (Lipinski definition) is 1. The molecule has 0 saturated heterocycles.